The summed E-state index contributed by atoms with van der Waals surface area (Å²) in [6, 6.07) is 0. The van der Waals surface area contributed by atoms with Crippen molar-refractivity contribution in [3.63, 3.8) is 0 Å². The average molecular weight is 961 g/mol. The first kappa shape index (κ1) is 54.8. The van der Waals surface area contributed by atoms with Gasteiger partial charge in [0.15, 0.2) is 31.5 Å². The molecule has 0 aromatic rings. The van der Waals surface area contributed by atoms with E-state index in [9.17, 15) is 97.0 Å². The molecule has 5 heterocycles. The van der Waals surface area contributed by atoms with Gasteiger partial charge in [-0.25, -0.2) is 0 Å². The number of rotatable bonds is 18. The van der Waals surface area contributed by atoms with E-state index in [-0.39, 0.29) is 0 Å². The van der Waals surface area contributed by atoms with E-state index in [1.807, 2.05) is 0 Å². The first-order chi connectivity index (χ1) is 30.6. The Bertz CT molecular complexity index is 1420. The van der Waals surface area contributed by atoms with Crippen LogP contribution in [0.5, 0.6) is 0 Å². The lowest BCUT2D eigenvalue weighted by Crippen LogP contribution is -2.66. The second-order valence-corrected chi connectivity index (χ2v) is 16.5. The third-order valence-electron chi connectivity index (χ3n) is 12.0. The molecular weight excluding hydrogens is 896 g/mol. The van der Waals surface area contributed by atoms with Crippen LogP contribution in [0.4, 0.5) is 0 Å². The highest BCUT2D eigenvalue weighted by molar-refractivity contribution is 4.97. The van der Waals surface area contributed by atoms with Gasteiger partial charge in [0.05, 0.1) is 45.2 Å². The maximum atomic E-state index is 11.3. The van der Waals surface area contributed by atoms with Crippen LogP contribution in [0.3, 0.4) is 0 Å². The molecule has 0 spiro atoms. The van der Waals surface area contributed by atoms with Crippen LogP contribution < -0.4 is 0 Å². The van der Waals surface area contributed by atoms with Crippen LogP contribution in [-0.4, -0.2) is 308 Å². The van der Waals surface area contributed by atoms with Crippen LogP contribution in [0.25, 0.3) is 0 Å². The van der Waals surface area contributed by atoms with Crippen molar-refractivity contribution in [1.29, 1.82) is 0 Å². The largest absolute Gasteiger partial charge is 0.394 e. The monoisotopic (exact) mass is 960 g/mol. The summed E-state index contributed by atoms with van der Waals surface area (Å²) in [5.74, 6) is 0. The SMILES string of the molecule is C[C@@H]1O[C@@H](O[C@@H]2[C@@H](O)[C@H](C)O[C@@H](O[C@@H]3[C@H](O)[C@@H](O[C@H](CO)[C@@H](O)[C@H](O)[C@H](O)CO[C@@H]4O[C@H](CO)[C@H](O[C@H]5O[C@H](CO)[C@@H](O)[C@H](O)[C@H]5O)[C@H](O)[C@H]4O)O[C@H](CO)[C@H]3O)[C@@H]2O)[C@H](O)[C@H](O)[C@H]1O. The smallest absolute Gasteiger partial charge is 0.187 e. The normalized spacial score (nSPS) is 49.5. The molecule has 0 unspecified atom stereocenters. The summed E-state index contributed by atoms with van der Waals surface area (Å²) in [5.41, 5.74) is 0. The summed E-state index contributed by atoms with van der Waals surface area (Å²) in [7, 11) is 0. The molecule has 5 saturated heterocycles. The molecule has 0 radical (unpaired) electrons. The third-order valence-corrected chi connectivity index (χ3v) is 12.0. The van der Waals surface area contributed by atoms with Crippen molar-refractivity contribution in [2.45, 2.75) is 192 Å². The molecule has 0 aromatic heterocycles. The van der Waals surface area contributed by atoms with Gasteiger partial charge in [0.25, 0.3) is 0 Å². The Labute approximate surface area is 369 Å². The number of aliphatic hydroxyl groups is 19. The van der Waals surface area contributed by atoms with Gasteiger partial charge in [-0.2, -0.15) is 0 Å². The van der Waals surface area contributed by atoms with Crippen molar-refractivity contribution in [2.24, 2.45) is 0 Å². The van der Waals surface area contributed by atoms with Crippen molar-refractivity contribution in [2.75, 3.05) is 33.0 Å². The Balaban J connectivity index is 1.19. The maximum Gasteiger partial charge on any atom is 0.187 e. The molecule has 5 rings (SSSR count). The number of hydrogen-bond donors (Lipinski definition) is 19. The highest BCUT2D eigenvalue weighted by Gasteiger charge is 2.55. The second-order valence-electron chi connectivity index (χ2n) is 16.5. The minimum Gasteiger partial charge on any atom is -0.394 e. The van der Waals surface area contributed by atoms with Crippen LogP contribution >= 0.6 is 0 Å². The van der Waals surface area contributed by atoms with Crippen molar-refractivity contribution in [3.8, 4) is 0 Å². The number of ether oxygens (including phenoxy) is 10. The lowest BCUT2D eigenvalue weighted by atomic mass is 9.96. The highest BCUT2D eigenvalue weighted by atomic mass is 16.8. The van der Waals surface area contributed by atoms with Crippen LogP contribution in [0.1, 0.15) is 13.8 Å². The quantitative estimate of drug-likeness (QED) is 0.0606. The van der Waals surface area contributed by atoms with Crippen molar-refractivity contribution < 1.29 is 144 Å². The van der Waals surface area contributed by atoms with Gasteiger partial charge in [-0.05, 0) is 13.8 Å². The Hall–Kier alpha value is -1.16. The average Bonchev–Trinajstić information content (AvgIpc) is 3.29. The van der Waals surface area contributed by atoms with E-state index < -0.39 is 211 Å². The van der Waals surface area contributed by atoms with Crippen LogP contribution in [0, 0.1) is 0 Å². The first-order valence-corrected chi connectivity index (χ1v) is 20.8. The molecule has 382 valence electrons. The van der Waals surface area contributed by atoms with E-state index in [0.29, 0.717) is 0 Å². The molecular formula is C36H64O29. The molecule has 0 aliphatic carbocycles. The summed E-state index contributed by atoms with van der Waals surface area (Å²) < 4.78 is 54.7. The maximum absolute atomic E-state index is 11.3. The molecule has 0 bridgehead atoms. The summed E-state index contributed by atoms with van der Waals surface area (Å²) in [4.78, 5) is 0. The van der Waals surface area contributed by atoms with Crippen LogP contribution in [0.15, 0.2) is 0 Å². The zero-order chi connectivity index (χ0) is 48.3. The summed E-state index contributed by atoms with van der Waals surface area (Å²) in [6.07, 6.45) is -52.3. The van der Waals surface area contributed by atoms with Gasteiger partial charge in [-0.15, -0.1) is 0 Å². The van der Waals surface area contributed by atoms with E-state index in [1.54, 1.807) is 0 Å². The van der Waals surface area contributed by atoms with E-state index >= 15 is 0 Å². The van der Waals surface area contributed by atoms with Gasteiger partial charge in [0, 0.05) is 0 Å². The molecule has 5 aliphatic heterocycles. The molecule has 0 aromatic carbocycles. The molecule has 19 N–H and O–H groups in total. The first-order valence-electron chi connectivity index (χ1n) is 20.8. The lowest BCUT2D eigenvalue weighted by Gasteiger charge is -2.48. The molecule has 29 atom stereocenters. The minimum absolute atomic E-state index is 0.815. The van der Waals surface area contributed by atoms with Gasteiger partial charge < -0.3 is 144 Å². The van der Waals surface area contributed by atoms with E-state index in [0.717, 1.165) is 0 Å². The lowest BCUT2D eigenvalue weighted by molar-refractivity contribution is -0.380. The van der Waals surface area contributed by atoms with Crippen molar-refractivity contribution >= 4 is 0 Å². The standard InChI is InChI=1S/C36H64O29/c1-8-15(42)21(48)24(51)33(57-8)64-30-16(43)9(2)58-35(27(30)54)65-31-20(47)13(5-39)61-36(28(31)55)60-11(3-37)18(45)17(44)10(41)7-56-32-26(53)23(50)29(14(6-40)62-32)63-34-25(52)22(49)19(46)12(4-38)59-34/h8-55H,3-7H2,1-2H3/t8-,9-,10+,11+,12+,13+,14+,15-,16-,17+,18+,19+,20+,21+,22-,23+,24+,25+,26+,27+,28-,29-,30+,31-,32+,33-,34+,35-,36-/m0/s1. The minimum atomic E-state index is -2.28. The Morgan fingerprint density at radius 1 is 0.400 bits per heavy atom. The van der Waals surface area contributed by atoms with Crippen LogP contribution in [-0.2, 0) is 47.4 Å². The van der Waals surface area contributed by atoms with Gasteiger partial charge in [0.2, 0.25) is 0 Å². The molecule has 5 aliphatic rings. The van der Waals surface area contributed by atoms with E-state index in [2.05, 4.69) is 0 Å². The molecule has 0 saturated carbocycles. The van der Waals surface area contributed by atoms with Crippen LogP contribution in [0.2, 0.25) is 0 Å². The number of aliphatic hydroxyl groups excluding tert-OH is 19. The zero-order valence-electron chi connectivity index (χ0n) is 34.9. The summed E-state index contributed by atoms with van der Waals surface area (Å²) in [5, 5.41) is 199. The topological polar surface area (TPSA) is 477 Å². The van der Waals surface area contributed by atoms with Gasteiger partial charge in [0.1, 0.15) is 134 Å². The second kappa shape index (κ2) is 23.6. The van der Waals surface area contributed by atoms with Gasteiger partial charge in [-0.1, -0.05) is 0 Å². The Kier molecular flexibility index (Phi) is 19.9. The molecule has 0 amide bonds. The molecule has 29 heteroatoms. The Morgan fingerprint density at radius 3 is 1.40 bits per heavy atom. The fourth-order valence-electron chi connectivity index (χ4n) is 7.87. The van der Waals surface area contributed by atoms with Gasteiger partial charge >= 0.3 is 0 Å². The third kappa shape index (κ3) is 11.9. The molecule has 29 nitrogen and oxygen atoms in total. The van der Waals surface area contributed by atoms with Crippen molar-refractivity contribution in [1.82, 2.24) is 0 Å². The van der Waals surface area contributed by atoms with Crippen molar-refractivity contribution in [3.05, 3.63) is 0 Å². The predicted molar refractivity (Wildman–Crippen MR) is 199 cm³/mol. The predicted octanol–water partition coefficient (Wildman–Crippen LogP) is -12.4. The van der Waals surface area contributed by atoms with E-state index in [1.165, 1.54) is 13.8 Å². The Morgan fingerprint density at radius 2 is 0.831 bits per heavy atom. The highest BCUT2D eigenvalue weighted by Crippen LogP contribution is 2.34. The molecule has 65 heavy (non-hydrogen) atoms. The fraction of sp³-hybridized carbons (Fsp3) is 1.00. The zero-order valence-corrected chi connectivity index (χ0v) is 34.9. The van der Waals surface area contributed by atoms with Gasteiger partial charge in [-0.3, -0.25) is 0 Å². The summed E-state index contributed by atoms with van der Waals surface area (Å²) in [6.45, 7) is -2.17. The molecule has 5 fully saturated rings. The fourth-order valence-corrected chi connectivity index (χ4v) is 7.87. The number of hydrogen-bond acceptors (Lipinski definition) is 29. The van der Waals surface area contributed by atoms with E-state index in [4.69, 9.17) is 47.4 Å². The summed E-state index contributed by atoms with van der Waals surface area (Å²) >= 11 is 0.